The van der Waals surface area contributed by atoms with E-state index < -0.39 is 4.92 Å². The van der Waals surface area contributed by atoms with Crippen LogP contribution in [0.3, 0.4) is 0 Å². The van der Waals surface area contributed by atoms with E-state index in [4.69, 9.17) is 16.3 Å². The van der Waals surface area contributed by atoms with Crippen LogP contribution < -0.4 is 4.74 Å². The molecule has 4 nitrogen and oxygen atoms in total. The van der Waals surface area contributed by atoms with Crippen molar-refractivity contribution < 1.29 is 9.66 Å². The molecule has 1 aromatic heterocycles. The fourth-order valence-electron chi connectivity index (χ4n) is 1.29. The third-order valence-electron chi connectivity index (χ3n) is 2.12. The second kappa shape index (κ2) is 5.69. The minimum atomic E-state index is -0.481. The van der Waals surface area contributed by atoms with E-state index in [9.17, 15) is 10.1 Å². The molecule has 1 aromatic carbocycles. The molecule has 0 N–H and O–H groups in total. The van der Waals surface area contributed by atoms with Gasteiger partial charge in [0.25, 0.3) is 5.69 Å². The molecule has 1 heterocycles. The molecule has 0 aliphatic rings. The van der Waals surface area contributed by atoms with Gasteiger partial charge in [-0.3, -0.25) is 10.1 Å². The van der Waals surface area contributed by atoms with E-state index in [-0.39, 0.29) is 5.69 Å². The Morgan fingerprint density at radius 3 is 2.83 bits per heavy atom. The van der Waals surface area contributed by atoms with Crippen LogP contribution in [0.4, 0.5) is 5.69 Å². The van der Waals surface area contributed by atoms with Crippen LogP contribution in [0.5, 0.6) is 5.75 Å². The fraction of sp³-hybridized carbons (Fsp3) is 0.0909. The highest BCUT2D eigenvalue weighted by Gasteiger charge is 2.11. The van der Waals surface area contributed by atoms with Crippen molar-refractivity contribution in [3.8, 4) is 5.75 Å². The van der Waals surface area contributed by atoms with E-state index in [1.807, 2.05) is 11.4 Å². The van der Waals surface area contributed by atoms with Crippen LogP contribution in [0, 0.1) is 10.1 Å². The van der Waals surface area contributed by atoms with E-state index in [0.29, 0.717) is 17.4 Å². The maximum absolute atomic E-state index is 10.6. The number of halogens is 2. The molecular weight excluding hydrogens is 342 g/mol. The lowest BCUT2D eigenvalue weighted by molar-refractivity contribution is -0.384. The molecule has 0 radical (unpaired) electrons. The standard InChI is InChI=1S/C11H7BrClNO3S/c12-7-3-9(18-6-7)5-17-11-4-8(14(15)16)1-2-10(11)13/h1-4,6H,5H2. The number of ether oxygens (including phenoxy) is 1. The van der Waals surface area contributed by atoms with Gasteiger partial charge in [0.05, 0.1) is 16.0 Å². The van der Waals surface area contributed by atoms with Crippen LogP contribution in [-0.2, 0) is 6.61 Å². The average molecular weight is 349 g/mol. The van der Waals surface area contributed by atoms with Gasteiger partial charge in [-0.05, 0) is 28.1 Å². The number of nitro benzene ring substituents is 1. The third kappa shape index (κ3) is 3.22. The summed E-state index contributed by atoms with van der Waals surface area (Å²) in [6, 6.07) is 6.05. The maximum Gasteiger partial charge on any atom is 0.273 e. The van der Waals surface area contributed by atoms with Gasteiger partial charge in [-0.2, -0.15) is 0 Å². The van der Waals surface area contributed by atoms with E-state index in [1.54, 1.807) is 0 Å². The zero-order chi connectivity index (χ0) is 13.1. The number of hydrogen-bond donors (Lipinski definition) is 0. The molecule has 7 heteroatoms. The summed E-state index contributed by atoms with van der Waals surface area (Å²) in [5.41, 5.74) is -0.0400. The summed E-state index contributed by atoms with van der Waals surface area (Å²) in [5.74, 6) is 0.315. The van der Waals surface area contributed by atoms with E-state index >= 15 is 0 Å². The zero-order valence-corrected chi connectivity index (χ0v) is 12.1. The summed E-state index contributed by atoms with van der Waals surface area (Å²) < 4.78 is 6.46. The smallest absolute Gasteiger partial charge is 0.273 e. The van der Waals surface area contributed by atoms with Gasteiger partial charge in [0.15, 0.2) is 0 Å². The summed E-state index contributed by atoms with van der Waals surface area (Å²) in [5, 5.41) is 12.9. The lowest BCUT2D eigenvalue weighted by Crippen LogP contribution is -1.95. The van der Waals surface area contributed by atoms with E-state index in [2.05, 4.69) is 15.9 Å². The Bertz CT molecular complexity index is 587. The molecule has 0 unspecified atom stereocenters. The van der Waals surface area contributed by atoms with Gasteiger partial charge >= 0.3 is 0 Å². The van der Waals surface area contributed by atoms with Gasteiger partial charge in [0, 0.05) is 20.8 Å². The molecule has 0 saturated carbocycles. The Morgan fingerprint density at radius 2 is 2.22 bits per heavy atom. The molecule has 0 fully saturated rings. The normalized spacial score (nSPS) is 10.3. The molecule has 18 heavy (non-hydrogen) atoms. The van der Waals surface area contributed by atoms with Gasteiger partial charge in [0.2, 0.25) is 0 Å². The first-order valence-electron chi connectivity index (χ1n) is 4.86. The quantitative estimate of drug-likeness (QED) is 0.597. The largest absolute Gasteiger partial charge is 0.486 e. The van der Waals surface area contributed by atoms with Gasteiger partial charge in [-0.15, -0.1) is 11.3 Å². The lowest BCUT2D eigenvalue weighted by Gasteiger charge is -2.06. The van der Waals surface area contributed by atoms with Crippen molar-refractivity contribution in [3.63, 3.8) is 0 Å². The summed E-state index contributed by atoms with van der Waals surface area (Å²) in [4.78, 5) is 11.2. The minimum Gasteiger partial charge on any atom is -0.486 e. The number of nitro groups is 1. The molecular formula is C11H7BrClNO3S. The van der Waals surface area contributed by atoms with Crippen LogP contribution in [0.2, 0.25) is 5.02 Å². The zero-order valence-electron chi connectivity index (χ0n) is 8.93. The molecule has 0 bridgehead atoms. The minimum absolute atomic E-state index is 0.0400. The SMILES string of the molecule is O=[N+]([O-])c1ccc(Cl)c(OCc2cc(Br)cs2)c1. The number of thiophene rings is 1. The van der Waals surface area contributed by atoms with Crippen molar-refractivity contribution in [1.82, 2.24) is 0 Å². The van der Waals surface area contributed by atoms with Crippen molar-refractivity contribution in [2.24, 2.45) is 0 Å². The number of hydrogen-bond acceptors (Lipinski definition) is 4. The molecule has 2 aromatic rings. The maximum atomic E-state index is 10.6. The van der Waals surface area contributed by atoms with Gasteiger partial charge in [-0.25, -0.2) is 0 Å². The Kier molecular flexibility index (Phi) is 4.21. The second-order valence-corrected chi connectivity index (χ2v) is 5.71. The highest BCUT2D eigenvalue weighted by Crippen LogP contribution is 2.30. The number of rotatable bonds is 4. The van der Waals surface area contributed by atoms with E-state index in [1.165, 1.54) is 29.5 Å². The molecule has 0 saturated heterocycles. The van der Waals surface area contributed by atoms with Gasteiger partial charge < -0.3 is 4.74 Å². The average Bonchev–Trinajstić information content (AvgIpc) is 2.74. The predicted octanol–water partition coefficient (Wildman–Crippen LogP) is 4.65. The molecule has 0 amide bonds. The Labute approximate surface area is 120 Å². The van der Waals surface area contributed by atoms with Crippen molar-refractivity contribution in [1.29, 1.82) is 0 Å². The summed E-state index contributed by atoms with van der Waals surface area (Å²) in [6.45, 7) is 0.331. The predicted molar refractivity (Wildman–Crippen MR) is 74.5 cm³/mol. The lowest BCUT2D eigenvalue weighted by atomic mass is 10.3. The first-order valence-corrected chi connectivity index (χ1v) is 6.91. The molecule has 0 spiro atoms. The van der Waals surface area contributed by atoms with Crippen LogP contribution in [0.1, 0.15) is 4.88 Å². The Morgan fingerprint density at radius 1 is 1.44 bits per heavy atom. The van der Waals surface area contributed by atoms with Gasteiger partial charge in [0.1, 0.15) is 12.4 Å². The number of nitrogens with zero attached hydrogens (tertiary/aromatic N) is 1. The molecule has 0 atom stereocenters. The van der Waals surface area contributed by atoms with Crippen molar-refractivity contribution in [2.75, 3.05) is 0 Å². The monoisotopic (exact) mass is 347 g/mol. The Balaban J connectivity index is 2.13. The highest BCUT2D eigenvalue weighted by atomic mass is 79.9. The summed E-state index contributed by atoms with van der Waals surface area (Å²) in [7, 11) is 0. The van der Waals surface area contributed by atoms with Gasteiger partial charge in [-0.1, -0.05) is 11.6 Å². The van der Waals surface area contributed by atoms with Crippen LogP contribution >= 0.6 is 38.9 Å². The van der Waals surface area contributed by atoms with Crippen LogP contribution in [0.25, 0.3) is 0 Å². The molecule has 0 aliphatic heterocycles. The van der Waals surface area contributed by atoms with E-state index in [0.717, 1.165) is 9.35 Å². The summed E-state index contributed by atoms with van der Waals surface area (Å²) in [6.07, 6.45) is 0. The van der Waals surface area contributed by atoms with Crippen molar-refractivity contribution in [3.05, 3.63) is 54.1 Å². The van der Waals surface area contributed by atoms with Crippen molar-refractivity contribution in [2.45, 2.75) is 6.61 Å². The van der Waals surface area contributed by atoms with Crippen LogP contribution in [0.15, 0.2) is 34.1 Å². The molecule has 94 valence electrons. The topological polar surface area (TPSA) is 52.4 Å². The molecule has 0 aliphatic carbocycles. The Hall–Kier alpha value is -1.11. The second-order valence-electron chi connectivity index (χ2n) is 3.39. The first kappa shape index (κ1) is 13.3. The first-order chi connectivity index (χ1) is 8.56. The van der Waals surface area contributed by atoms with Crippen molar-refractivity contribution >= 4 is 44.6 Å². The fourth-order valence-corrected chi connectivity index (χ4v) is 2.83. The number of benzene rings is 1. The third-order valence-corrected chi connectivity index (χ3v) is 4.10. The highest BCUT2D eigenvalue weighted by molar-refractivity contribution is 9.10. The summed E-state index contributed by atoms with van der Waals surface area (Å²) >= 11 is 10.8. The van der Waals surface area contributed by atoms with Crippen LogP contribution in [-0.4, -0.2) is 4.92 Å². The number of non-ortho nitro benzene ring substituents is 1. The molecule has 2 rings (SSSR count).